The van der Waals surface area contributed by atoms with Gasteiger partial charge in [-0.1, -0.05) is 56.7 Å². The molecule has 3 heterocycles. The highest BCUT2D eigenvalue weighted by molar-refractivity contribution is 6.34. The lowest BCUT2D eigenvalue weighted by Gasteiger charge is -2.41. The molecule has 0 saturated carbocycles. The summed E-state index contributed by atoms with van der Waals surface area (Å²) < 4.78 is 12.6. The lowest BCUT2D eigenvalue weighted by Crippen LogP contribution is -2.60. The van der Waals surface area contributed by atoms with E-state index < -0.39 is 41.1 Å². The van der Waals surface area contributed by atoms with Crippen LogP contribution in [0.2, 0.25) is 5.02 Å². The van der Waals surface area contributed by atoms with Crippen molar-refractivity contribution < 1.29 is 29.0 Å². The molecule has 3 aliphatic rings. The molecule has 6 atom stereocenters. The summed E-state index contributed by atoms with van der Waals surface area (Å²) in [4.78, 5) is 46.2. The van der Waals surface area contributed by atoms with E-state index in [-0.39, 0.29) is 37.5 Å². The maximum absolute atomic E-state index is 14.8. The molecule has 0 aromatic heterocycles. The molecule has 1 spiro atoms. The molecular weight excluding hydrogens is 556 g/mol. The number of allylic oxidation sites excluding steroid dienone is 1. The fraction of sp³-hybridized carbons (Fsp3) is 0.606. The standard InChI is InChI=1S/C33H45ClN2O6/c1-7-10-11-12-19-41-31(40)26-25-29(38)36(24(20-37)21(4)5)28(33(25)17-16-32(26,9-3)42-33)30(39)35(18-8-2)27-22(6)14-13-15-23(27)34/h7-8,13-15,21,24-26,28,37H,1-2,9-12,16-20H2,3-6H3/t24-,25-,26-,28?,32+,33?/m0/s1. The number of esters is 1. The average Bonchev–Trinajstić information content (AvgIpc) is 3.56. The van der Waals surface area contributed by atoms with Crippen molar-refractivity contribution in [1.29, 1.82) is 0 Å². The summed E-state index contributed by atoms with van der Waals surface area (Å²) in [5.74, 6) is -3.08. The van der Waals surface area contributed by atoms with Crippen LogP contribution in [0.15, 0.2) is 43.5 Å². The third-order valence-electron chi connectivity index (χ3n) is 9.50. The predicted molar refractivity (Wildman–Crippen MR) is 163 cm³/mol. The number of aliphatic hydroxyl groups is 1. The second-order valence-corrected chi connectivity index (χ2v) is 12.6. The van der Waals surface area contributed by atoms with Gasteiger partial charge in [0, 0.05) is 6.54 Å². The second kappa shape index (κ2) is 12.9. The molecule has 9 heteroatoms. The summed E-state index contributed by atoms with van der Waals surface area (Å²) in [6.45, 7) is 15.3. The van der Waals surface area contributed by atoms with E-state index in [1.807, 2.05) is 45.9 Å². The van der Waals surface area contributed by atoms with E-state index in [9.17, 15) is 19.5 Å². The van der Waals surface area contributed by atoms with Crippen LogP contribution in [0.1, 0.15) is 64.9 Å². The minimum atomic E-state index is -1.24. The van der Waals surface area contributed by atoms with Crippen LogP contribution in [0.25, 0.3) is 0 Å². The molecule has 1 aromatic rings. The van der Waals surface area contributed by atoms with Crippen LogP contribution in [0.3, 0.4) is 0 Å². The monoisotopic (exact) mass is 600 g/mol. The number of anilines is 1. The zero-order chi connectivity index (χ0) is 30.8. The number of unbranched alkanes of at least 4 members (excludes halogenated alkanes) is 2. The van der Waals surface area contributed by atoms with E-state index in [1.165, 1.54) is 4.90 Å². The number of aryl methyl sites for hydroxylation is 1. The maximum atomic E-state index is 14.8. The van der Waals surface area contributed by atoms with Gasteiger partial charge in [-0.2, -0.15) is 0 Å². The number of nitrogens with zero attached hydrogens (tertiary/aromatic N) is 2. The molecular formula is C33H45ClN2O6. The molecule has 3 aliphatic heterocycles. The number of hydrogen-bond acceptors (Lipinski definition) is 6. The van der Waals surface area contributed by atoms with E-state index in [1.54, 1.807) is 17.0 Å². The lowest BCUT2D eigenvalue weighted by atomic mass is 9.65. The summed E-state index contributed by atoms with van der Waals surface area (Å²) >= 11 is 6.65. The molecule has 1 aromatic carbocycles. The van der Waals surface area contributed by atoms with E-state index >= 15 is 0 Å². The van der Waals surface area contributed by atoms with Gasteiger partial charge in [-0.15, -0.1) is 13.2 Å². The first-order chi connectivity index (χ1) is 20.0. The van der Waals surface area contributed by atoms with Gasteiger partial charge in [0.1, 0.15) is 17.6 Å². The van der Waals surface area contributed by atoms with Gasteiger partial charge in [0.15, 0.2) is 0 Å². The topological polar surface area (TPSA) is 96.4 Å². The van der Waals surface area contributed by atoms with Gasteiger partial charge < -0.3 is 24.4 Å². The average molecular weight is 601 g/mol. The normalized spacial score (nSPS) is 28.6. The summed E-state index contributed by atoms with van der Waals surface area (Å²) in [6, 6.07) is 3.70. The van der Waals surface area contributed by atoms with Crippen LogP contribution in [0.4, 0.5) is 5.69 Å². The molecule has 8 nitrogen and oxygen atoms in total. The van der Waals surface area contributed by atoms with Crippen molar-refractivity contribution in [2.45, 2.75) is 89.5 Å². The van der Waals surface area contributed by atoms with Crippen molar-refractivity contribution in [3.8, 4) is 0 Å². The number of aliphatic hydroxyl groups excluding tert-OH is 1. The van der Waals surface area contributed by atoms with Crippen LogP contribution in [0, 0.1) is 24.7 Å². The molecule has 0 radical (unpaired) electrons. The van der Waals surface area contributed by atoms with Gasteiger partial charge in [-0.3, -0.25) is 14.4 Å². The van der Waals surface area contributed by atoms with Gasteiger partial charge in [-0.25, -0.2) is 0 Å². The quantitative estimate of drug-likeness (QED) is 0.178. The SMILES string of the molecule is C=CCCCCOC(=O)[C@@H]1[C@H]2C(=O)N([C@@H](CO)C(C)C)C(C(=O)N(CC=C)c3c(C)cccc3Cl)C23CC[C@@]1(CC)O3. The number of carbonyl (C=O) groups excluding carboxylic acids is 3. The first kappa shape index (κ1) is 32.2. The summed E-state index contributed by atoms with van der Waals surface area (Å²) in [5, 5.41) is 10.9. The largest absolute Gasteiger partial charge is 0.465 e. The predicted octanol–water partition coefficient (Wildman–Crippen LogP) is 5.24. The Morgan fingerprint density at radius 3 is 2.60 bits per heavy atom. The fourth-order valence-corrected chi connectivity index (χ4v) is 7.78. The van der Waals surface area contributed by atoms with Crippen LogP contribution < -0.4 is 4.90 Å². The molecule has 2 amide bonds. The van der Waals surface area contributed by atoms with E-state index in [0.29, 0.717) is 36.4 Å². The van der Waals surface area contributed by atoms with Crippen LogP contribution >= 0.6 is 11.6 Å². The number of ether oxygens (including phenoxy) is 2. The van der Waals surface area contributed by atoms with Gasteiger partial charge in [0.05, 0.1) is 41.5 Å². The molecule has 1 N–H and O–H groups in total. The van der Waals surface area contributed by atoms with Crippen molar-refractivity contribution in [2.24, 2.45) is 17.8 Å². The first-order valence-corrected chi connectivity index (χ1v) is 15.5. The number of halogens is 1. The van der Waals surface area contributed by atoms with Crippen molar-refractivity contribution in [3.05, 3.63) is 54.1 Å². The van der Waals surface area contributed by atoms with Gasteiger partial charge in [-0.05, 0) is 63.0 Å². The van der Waals surface area contributed by atoms with E-state index in [4.69, 9.17) is 21.1 Å². The highest BCUT2D eigenvalue weighted by atomic mass is 35.5. The number of para-hydroxylation sites is 1. The number of carbonyl (C=O) groups is 3. The van der Waals surface area contributed by atoms with Gasteiger partial charge in [0.25, 0.3) is 5.91 Å². The number of hydrogen-bond donors (Lipinski definition) is 1. The molecule has 0 aliphatic carbocycles. The third kappa shape index (κ3) is 5.20. The zero-order valence-corrected chi connectivity index (χ0v) is 26.1. The Kier molecular flexibility index (Phi) is 9.90. The van der Waals surface area contributed by atoms with Crippen molar-refractivity contribution in [3.63, 3.8) is 0 Å². The minimum Gasteiger partial charge on any atom is -0.465 e. The Labute approximate surface area is 254 Å². The van der Waals surface area contributed by atoms with Gasteiger partial charge in [0.2, 0.25) is 5.91 Å². The summed E-state index contributed by atoms with van der Waals surface area (Å²) in [6.07, 6.45) is 7.29. The Balaban J connectivity index is 1.82. The second-order valence-electron chi connectivity index (χ2n) is 12.2. The van der Waals surface area contributed by atoms with E-state index in [0.717, 1.165) is 18.4 Å². The van der Waals surface area contributed by atoms with Crippen LogP contribution in [-0.2, 0) is 23.9 Å². The van der Waals surface area contributed by atoms with Crippen molar-refractivity contribution in [1.82, 2.24) is 4.90 Å². The lowest BCUT2D eigenvalue weighted by molar-refractivity contribution is -0.162. The Morgan fingerprint density at radius 1 is 1.26 bits per heavy atom. The Hall–Kier alpha value is -2.68. The minimum absolute atomic E-state index is 0.156. The summed E-state index contributed by atoms with van der Waals surface area (Å²) in [5.41, 5.74) is -0.813. The van der Waals surface area contributed by atoms with E-state index in [2.05, 4.69) is 13.2 Å². The summed E-state index contributed by atoms with van der Waals surface area (Å²) in [7, 11) is 0. The third-order valence-corrected chi connectivity index (χ3v) is 9.81. The smallest absolute Gasteiger partial charge is 0.312 e. The molecule has 3 saturated heterocycles. The molecule has 2 bridgehead atoms. The highest BCUT2D eigenvalue weighted by Crippen LogP contribution is 2.65. The molecule has 2 unspecified atom stereocenters. The van der Waals surface area contributed by atoms with Gasteiger partial charge >= 0.3 is 5.97 Å². The number of likely N-dealkylation sites (tertiary alicyclic amines) is 1. The molecule has 3 fully saturated rings. The Bertz CT molecular complexity index is 1200. The molecule has 4 rings (SSSR count). The number of amides is 2. The van der Waals surface area contributed by atoms with Crippen LogP contribution in [0.5, 0.6) is 0 Å². The number of fused-ring (bicyclic) bond motifs is 1. The first-order valence-electron chi connectivity index (χ1n) is 15.1. The number of rotatable bonds is 14. The van der Waals surface area contributed by atoms with Crippen LogP contribution in [-0.4, -0.2) is 70.8 Å². The zero-order valence-electron chi connectivity index (χ0n) is 25.3. The highest BCUT2D eigenvalue weighted by Gasteiger charge is 2.79. The molecule has 230 valence electrons. The van der Waals surface area contributed by atoms with Crippen molar-refractivity contribution >= 4 is 35.1 Å². The maximum Gasteiger partial charge on any atom is 0.312 e. The fourth-order valence-electron chi connectivity index (χ4n) is 7.46. The van der Waals surface area contributed by atoms with Crippen molar-refractivity contribution in [2.75, 3.05) is 24.7 Å². The molecule has 42 heavy (non-hydrogen) atoms. The number of benzene rings is 1. The Morgan fingerprint density at radius 2 is 2.00 bits per heavy atom.